The van der Waals surface area contributed by atoms with Crippen LogP contribution in [0.15, 0.2) is 24.3 Å². The summed E-state index contributed by atoms with van der Waals surface area (Å²) in [6.45, 7) is 6.77. The van der Waals surface area contributed by atoms with E-state index in [4.69, 9.17) is 9.47 Å². The minimum absolute atomic E-state index is 0.0671. The lowest BCUT2D eigenvalue weighted by Gasteiger charge is -2.14. The summed E-state index contributed by atoms with van der Waals surface area (Å²) in [5.41, 5.74) is 0. The van der Waals surface area contributed by atoms with E-state index < -0.39 is 6.10 Å². The first kappa shape index (κ1) is 17.3. The molecule has 1 rings (SSSR count). The number of hydrogen-bond donors (Lipinski definition) is 2. The van der Waals surface area contributed by atoms with Crippen LogP contribution in [-0.4, -0.2) is 36.9 Å². The fraction of sp³-hybridized carbons (Fsp3) is 0.562. The van der Waals surface area contributed by atoms with Crippen LogP contribution < -0.4 is 14.8 Å². The Hall–Kier alpha value is -1.75. The minimum atomic E-state index is -0.514. The van der Waals surface area contributed by atoms with Gasteiger partial charge in [0.15, 0.2) is 6.61 Å². The zero-order valence-electron chi connectivity index (χ0n) is 13.0. The Morgan fingerprint density at radius 3 is 2.29 bits per heavy atom. The van der Waals surface area contributed by atoms with Crippen molar-refractivity contribution in [2.45, 2.75) is 33.3 Å². The second kappa shape index (κ2) is 9.23. The number of hydrogen-bond acceptors (Lipinski definition) is 4. The highest BCUT2D eigenvalue weighted by molar-refractivity contribution is 5.77. The van der Waals surface area contributed by atoms with Crippen LogP contribution in [0.1, 0.15) is 27.2 Å². The van der Waals surface area contributed by atoms with Crippen molar-refractivity contribution >= 4 is 5.91 Å². The molecule has 0 saturated carbocycles. The molecule has 0 bridgehead atoms. The van der Waals surface area contributed by atoms with Crippen LogP contribution in [0.25, 0.3) is 0 Å². The number of aliphatic hydroxyl groups excluding tert-OH is 1. The monoisotopic (exact) mass is 295 g/mol. The van der Waals surface area contributed by atoms with Gasteiger partial charge in [0, 0.05) is 6.54 Å². The van der Waals surface area contributed by atoms with Crippen molar-refractivity contribution in [2.24, 2.45) is 5.92 Å². The number of benzene rings is 1. The molecule has 1 amide bonds. The van der Waals surface area contributed by atoms with Gasteiger partial charge in [-0.3, -0.25) is 4.79 Å². The number of carbonyl (C=O) groups is 1. The Balaban J connectivity index is 2.26. The van der Waals surface area contributed by atoms with Gasteiger partial charge in [0.25, 0.3) is 5.91 Å². The Labute approximate surface area is 126 Å². The largest absolute Gasteiger partial charge is 0.494 e. The van der Waals surface area contributed by atoms with E-state index >= 15 is 0 Å². The molecule has 2 N–H and O–H groups in total. The third-order valence-corrected chi connectivity index (χ3v) is 2.78. The van der Waals surface area contributed by atoms with Crippen molar-refractivity contribution in [3.8, 4) is 11.5 Å². The maximum Gasteiger partial charge on any atom is 0.258 e. The molecule has 0 aromatic heterocycles. The fourth-order valence-corrected chi connectivity index (χ4v) is 1.86. The van der Waals surface area contributed by atoms with Gasteiger partial charge in [-0.2, -0.15) is 0 Å². The van der Waals surface area contributed by atoms with Gasteiger partial charge in [-0.25, -0.2) is 0 Å². The number of ether oxygens (including phenoxy) is 2. The number of carbonyl (C=O) groups excluding carboxylic acids is 1. The quantitative estimate of drug-likeness (QED) is 0.731. The van der Waals surface area contributed by atoms with Crippen molar-refractivity contribution in [3.63, 3.8) is 0 Å². The average molecular weight is 295 g/mol. The van der Waals surface area contributed by atoms with Crippen molar-refractivity contribution in [2.75, 3.05) is 19.8 Å². The van der Waals surface area contributed by atoms with E-state index in [0.717, 1.165) is 5.75 Å². The maximum absolute atomic E-state index is 11.6. The van der Waals surface area contributed by atoms with Crippen LogP contribution in [0, 0.1) is 5.92 Å². The lowest BCUT2D eigenvalue weighted by molar-refractivity contribution is -0.123. The summed E-state index contributed by atoms with van der Waals surface area (Å²) < 4.78 is 10.7. The number of aliphatic hydroxyl groups is 1. The first-order chi connectivity index (χ1) is 10.0. The van der Waals surface area contributed by atoms with Gasteiger partial charge in [0.2, 0.25) is 0 Å². The van der Waals surface area contributed by atoms with E-state index in [2.05, 4.69) is 5.32 Å². The number of rotatable bonds is 9. The predicted molar refractivity (Wildman–Crippen MR) is 81.6 cm³/mol. The summed E-state index contributed by atoms with van der Waals surface area (Å²) in [6.07, 6.45) is 0.152. The van der Waals surface area contributed by atoms with Crippen molar-refractivity contribution < 1.29 is 19.4 Å². The van der Waals surface area contributed by atoms with E-state index in [1.807, 2.05) is 20.8 Å². The zero-order valence-corrected chi connectivity index (χ0v) is 13.0. The molecule has 1 aromatic carbocycles. The molecule has 0 saturated heterocycles. The third kappa shape index (κ3) is 7.56. The molecule has 0 aliphatic carbocycles. The second-order valence-corrected chi connectivity index (χ2v) is 5.28. The van der Waals surface area contributed by atoms with Crippen molar-refractivity contribution in [1.29, 1.82) is 0 Å². The van der Waals surface area contributed by atoms with E-state index in [1.54, 1.807) is 24.3 Å². The molecular formula is C16H25NO4. The van der Waals surface area contributed by atoms with Gasteiger partial charge in [0.05, 0.1) is 12.7 Å². The first-order valence-electron chi connectivity index (χ1n) is 7.31. The van der Waals surface area contributed by atoms with Crippen molar-refractivity contribution in [1.82, 2.24) is 5.32 Å². The van der Waals surface area contributed by atoms with Crippen LogP contribution in [0.3, 0.4) is 0 Å². The molecule has 0 fully saturated rings. The van der Waals surface area contributed by atoms with Gasteiger partial charge in [-0.1, -0.05) is 13.8 Å². The van der Waals surface area contributed by atoms with E-state index in [9.17, 15) is 9.90 Å². The molecule has 5 heteroatoms. The zero-order chi connectivity index (χ0) is 15.7. The molecular weight excluding hydrogens is 270 g/mol. The van der Waals surface area contributed by atoms with Crippen LogP contribution in [0.2, 0.25) is 0 Å². The summed E-state index contributed by atoms with van der Waals surface area (Å²) in [7, 11) is 0. The molecule has 0 aliphatic heterocycles. The van der Waals surface area contributed by atoms with Gasteiger partial charge >= 0.3 is 0 Å². The molecule has 1 aromatic rings. The smallest absolute Gasteiger partial charge is 0.258 e. The molecule has 1 atom stereocenters. The maximum atomic E-state index is 11.6. The average Bonchev–Trinajstić information content (AvgIpc) is 2.44. The highest BCUT2D eigenvalue weighted by Gasteiger charge is 2.09. The third-order valence-electron chi connectivity index (χ3n) is 2.78. The molecule has 0 spiro atoms. The van der Waals surface area contributed by atoms with Gasteiger partial charge in [-0.05, 0) is 43.5 Å². The molecule has 118 valence electrons. The summed E-state index contributed by atoms with van der Waals surface area (Å²) in [5, 5.41) is 12.3. The lowest BCUT2D eigenvalue weighted by Crippen LogP contribution is -2.35. The topological polar surface area (TPSA) is 67.8 Å². The SMILES string of the molecule is CCOc1ccc(OCC(=O)NCC(O)CC(C)C)cc1. The van der Waals surface area contributed by atoms with Crippen LogP contribution in [0.5, 0.6) is 11.5 Å². The highest BCUT2D eigenvalue weighted by Crippen LogP contribution is 2.17. The summed E-state index contributed by atoms with van der Waals surface area (Å²) in [6, 6.07) is 7.10. The molecule has 0 aliphatic rings. The molecule has 21 heavy (non-hydrogen) atoms. The van der Waals surface area contributed by atoms with E-state index in [-0.39, 0.29) is 19.1 Å². The second-order valence-electron chi connectivity index (χ2n) is 5.28. The standard InChI is InChI=1S/C16H25NO4/c1-4-20-14-5-7-15(8-6-14)21-11-16(19)17-10-13(18)9-12(2)3/h5-8,12-13,18H,4,9-11H2,1-3H3,(H,17,19). The van der Waals surface area contributed by atoms with E-state index in [0.29, 0.717) is 24.7 Å². The summed E-state index contributed by atoms with van der Waals surface area (Å²) in [4.78, 5) is 11.6. The highest BCUT2D eigenvalue weighted by atomic mass is 16.5. The number of amides is 1. The van der Waals surface area contributed by atoms with E-state index in [1.165, 1.54) is 0 Å². The van der Waals surface area contributed by atoms with Gasteiger partial charge in [-0.15, -0.1) is 0 Å². The fourth-order valence-electron chi connectivity index (χ4n) is 1.86. The Morgan fingerprint density at radius 1 is 1.19 bits per heavy atom. The molecule has 0 radical (unpaired) electrons. The molecule has 5 nitrogen and oxygen atoms in total. The van der Waals surface area contributed by atoms with Crippen molar-refractivity contribution in [3.05, 3.63) is 24.3 Å². The Morgan fingerprint density at radius 2 is 1.76 bits per heavy atom. The first-order valence-corrected chi connectivity index (χ1v) is 7.31. The van der Waals surface area contributed by atoms with Crippen LogP contribution in [-0.2, 0) is 4.79 Å². The summed E-state index contributed by atoms with van der Waals surface area (Å²) in [5.74, 6) is 1.53. The lowest BCUT2D eigenvalue weighted by atomic mass is 10.1. The Kier molecular flexibility index (Phi) is 7.61. The van der Waals surface area contributed by atoms with Crippen LogP contribution in [0.4, 0.5) is 0 Å². The Bertz CT molecular complexity index is 417. The van der Waals surface area contributed by atoms with Gasteiger partial charge in [0.1, 0.15) is 11.5 Å². The number of nitrogens with one attached hydrogen (secondary N) is 1. The summed E-state index contributed by atoms with van der Waals surface area (Å²) >= 11 is 0. The molecule has 0 heterocycles. The predicted octanol–water partition coefficient (Wildman–Crippen LogP) is 1.99. The van der Waals surface area contributed by atoms with Gasteiger partial charge < -0.3 is 19.9 Å². The van der Waals surface area contributed by atoms with Crippen LogP contribution >= 0.6 is 0 Å². The normalized spacial score (nSPS) is 12.0. The minimum Gasteiger partial charge on any atom is -0.494 e. The molecule has 1 unspecified atom stereocenters.